The maximum atomic E-state index is 5.97. The van der Waals surface area contributed by atoms with Crippen LogP contribution in [0.5, 0.6) is 0 Å². The average Bonchev–Trinajstić information content (AvgIpc) is 2.81. The summed E-state index contributed by atoms with van der Waals surface area (Å²) in [6.07, 6.45) is 3.48. The molecule has 1 aromatic heterocycles. The normalized spacial score (nSPS) is 21.7. The highest BCUT2D eigenvalue weighted by atomic mass is 35.5. The number of fused-ring (bicyclic) bond motifs is 1. The van der Waals surface area contributed by atoms with Gasteiger partial charge in [-0.05, 0) is 56.0 Å². The molecule has 0 bridgehead atoms. The summed E-state index contributed by atoms with van der Waals surface area (Å²) in [5.41, 5.74) is 1.69. The number of aromatic nitrogens is 1. The fourth-order valence-corrected chi connectivity index (χ4v) is 3.01. The number of nitrogens with zero attached hydrogens (tertiary/aromatic N) is 1. The van der Waals surface area contributed by atoms with Crippen molar-refractivity contribution in [1.82, 2.24) is 10.3 Å². The topological polar surface area (TPSA) is 38.1 Å². The van der Waals surface area contributed by atoms with Gasteiger partial charge in [0, 0.05) is 11.4 Å². The van der Waals surface area contributed by atoms with Gasteiger partial charge in [-0.2, -0.15) is 0 Å². The molecule has 3 nitrogen and oxygen atoms in total. The van der Waals surface area contributed by atoms with E-state index in [1.165, 1.54) is 12.8 Å². The maximum absolute atomic E-state index is 5.97. The fourth-order valence-electron chi connectivity index (χ4n) is 2.84. The summed E-state index contributed by atoms with van der Waals surface area (Å²) in [7, 11) is 0. The summed E-state index contributed by atoms with van der Waals surface area (Å²) in [5.74, 6) is 2.15. The van der Waals surface area contributed by atoms with Gasteiger partial charge in [0.15, 0.2) is 11.5 Å². The minimum Gasteiger partial charge on any atom is -0.441 e. The molecule has 19 heavy (non-hydrogen) atoms. The second-order valence-electron chi connectivity index (χ2n) is 5.51. The van der Waals surface area contributed by atoms with Crippen LogP contribution in [0, 0.1) is 11.8 Å². The molecule has 1 N–H and O–H groups in total. The molecule has 4 heteroatoms. The molecule has 0 saturated carbocycles. The van der Waals surface area contributed by atoms with Crippen LogP contribution in [-0.4, -0.2) is 18.1 Å². The molecule has 2 unspecified atom stereocenters. The molecule has 0 radical (unpaired) electrons. The summed E-state index contributed by atoms with van der Waals surface area (Å²) in [4.78, 5) is 4.54. The predicted molar refractivity (Wildman–Crippen MR) is 77.5 cm³/mol. The zero-order valence-electron chi connectivity index (χ0n) is 11.2. The first kappa shape index (κ1) is 12.9. The van der Waals surface area contributed by atoms with Crippen molar-refractivity contribution in [3.8, 4) is 0 Å². The Labute approximate surface area is 118 Å². The summed E-state index contributed by atoms with van der Waals surface area (Å²) in [6.45, 7) is 4.57. The van der Waals surface area contributed by atoms with Crippen molar-refractivity contribution in [3.05, 3.63) is 29.1 Å². The zero-order valence-corrected chi connectivity index (χ0v) is 11.9. The Hall–Kier alpha value is -1.06. The summed E-state index contributed by atoms with van der Waals surface area (Å²) < 4.78 is 5.79. The highest BCUT2D eigenvalue weighted by molar-refractivity contribution is 6.31. The summed E-state index contributed by atoms with van der Waals surface area (Å²) in [5, 5.41) is 4.17. The third-order valence-corrected chi connectivity index (χ3v) is 4.27. The molecule has 2 atom stereocenters. The standard InChI is InChI=1S/C15H19ClN2O/c1-10(11-3-2-6-17-9-11)7-15-18-13-8-12(16)4-5-14(13)19-15/h4-5,8,10-11,17H,2-3,6-7,9H2,1H3. The van der Waals surface area contributed by atoms with Gasteiger partial charge < -0.3 is 9.73 Å². The molecule has 1 aromatic carbocycles. The van der Waals surface area contributed by atoms with Crippen molar-refractivity contribution in [3.63, 3.8) is 0 Å². The van der Waals surface area contributed by atoms with Crippen molar-refractivity contribution in [2.24, 2.45) is 11.8 Å². The van der Waals surface area contributed by atoms with E-state index < -0.39 is 0 Å². The number of nitrogens with one attached hydrogen (secondary N) is 1. The first-order valence-electron chi connectivity index (χ1n) is 6.98. The zero-order chi connectivity index (χ0) is 13.2. The summed E-state index contributed by atoms with van der Waals surface area (Å²) in [6, 6.07) is 5.59. The van der Waals surface area contributed by atoms with E-state index >= 15 is 0 Å². The van der Waals surface area contributed by atoms with E-state index in [0.29, 0.717) is 10.9 Å². The van der Waals surface area contributed by atoms with Crippen LogP contribution in [0.25, 0.3) is 11.1 Å². The molecule has 0 spiro atoms. The van der Waals surface area contributed by atoms with Crippen LogP contribution >= 0.6 is 11.6 Å². The second-order valence-corrected chi connectivity index (χ2v) is 5.94. The maximum Gasteiger partial charge on any atom is 0.195 e. The third kappa shape index (κ3) is 2.93. The molecule has 2 aromatic rings. The number of halogens is 1. The van der Waals surface area contributed by atoms with Crippen LogP contribution in [0.15, 0.2) is 22.6 Å². The molecule has 1 aliphatic heterocycles. The number of oxazole rings is 1. The van der Waals surface area contributed by atoms with E-state index in [2.05, 4.69) is 17.2 Å². The van der Waals surface area contributed by atoms with E-state index in [0.717, 1.165) is 42.4 Å². The quantitative estimate of drug-likeness (QED) is 0.931. The second kappa shape index (κ2) is 5.51. The van der Waals surface area contributed by atoms with Crippen LogP contribution in [0.2, 0.25) is 5.02 Å². The minimum atomic E-state index is 0.594. The van der Waals surface area contributed by atoms with Crippen LogP contribution in [-0.2, 0) is 6.42 Å². The number of benzene rings is 1. The largest absolute Gasteiger partial charge is 0.441 e. The number of hydrogen-bond acceptors (Lipinski definition) is 3. The van der Waals surface area contributed by atoms with Crippen LogP contribution in [0.3, 0.4) is 0 Å². The van der Waals surface area contributed by atoms with Gasteiger partial charge in [0.2, 0.25) is 0 Å². The smallest absolute Gasteiger partial charge is 0.195 e. The van der Waals surface area contributed by atoms with Gasteiger partial charge in [-0.15, -0.1) is 0 Å². The molecule has 1 fully saturated rings. The monoisotopic (exact) mass is 278 g/mol. The molecule has 1 aliphatic rings. The summed E-state index contributed by atoms with van der Waals surface area (Å²) >= 11 is 5.97. The Kier molecular flexibility index (Phi) is 3.76. The van der Waals surface area contributed by atoms with E-state index in [-0.39, 0.29) is 0 Å². The average molecular weight is 279 g/mol. The van der Waals surface area contributed by atoms with Crippen molar-refractivity contribution in [1.29, 1.82) is 0 Å². The van der Waals surface area contributed by atoms with Crippen molar-refractivity contribution < 1.29 is 4.42 Å². The first-order valence-corrected chi connectivity index (χ1v) is 7.36. The first-order chi connectivity index (χ1) is 9.22. The molecule has 0 amide bonds. The van der Waals surface area contributed by atoms with Crippen LogP contribution in [0.4, 0.5) is 0 Å². The lowest BCUT2D eigenvalue weighted by Crippen LogP contribution is -2.33. The SMILES string of the molecule is CC(Cc1nc2cc(Cl)ccc2o1)C1CCCNC1. The molecule has 102 valence electrons. The number of rotatable bonds is 3. The van der Waals surface area contributed by atoms with Crippen LogP contribution in [0.1, 0.15) is 25.7 Å². The lowest BCUT2D eigenvalue weighted by Gasteiger charge is -2.27. The molecule has 3 rings (SSSR count). The Morgan fingerprint density at radius 3 is 3.21 bits per heavy atom. The van der Waals surface area contributed by atoms with Crippen molar-refractivity contribution in [2.75, 3.05) is 13.1 Å². The predicted octanol–water partition coefficient (Wildman–Crippen LogP) is 3.66. The highest BCUT2D eigenvalue weighted by Crippen LogP contribution is 2.25. The van der Waals surface area contributed by atoms with Gasteiger partial charge in [0.25, 0.3) is 0 Å². The van der Waals surface area contributed by atoms with E-state index in [9.17, 15) is 0 Å². The van der Waals surface area contributed by atoms with Crippen molar-refractivity contribution >= 4 is 22.7 Å². The van der Waals surface area contributed by atoms with Crippen LogP contribution < -0.4 is 5.32 Å². The lowest BCUT2D eigenvalue weighted by atomic mass is 9.85. The van der Waals surface area contributed by atoms with E-state index in [1.807, 2.05) is 18.2 Å². The van der Waals surface area contributed by atoms with Gasteiger partial charge in [-0.3, -0.25) is 0 Å². The number of piperidine rings is 1. The number of hydrogen-bond donors (Lipinski definition) is 1. The Bertz CT molecular complexity index is 560. The van der Waals surface area contributed by atoms with Gasteiger partial charge >= 0.3 is 0 Å². The van der Waals surface area contributed by atoms with Crippen molar-refractivity contribution in [2.45, 2.75) is 26.2 Å². The third-order valence-electron chi connectivity index (χ3n) is 4.03. The fraction of sp³-hybridized carbons (Fsp3) is 0.533. The molecular weight excluding hydrogens is 260 g/mol. The van der Waals surface area contributed by atoms with Gasteiger partial charge in [-0.25, -0.2) is 4.98 Å². The lowest BCUT2D eigenvalue weighted by molar-refractivity contribution is 0.267. The van der Waals surface area contributed by atoms with Gasteiger partial charge in [0.05, 0.1) is 0 Å². The Morgan fingerprint density at radius 1 is 1.53 bits per heavy atom. The van der Waals surface area contributed by atoms with E-state index in [4.69, 9.17) is 16.0 Å². The van der Waals surface area contributed by atoms with Gasteiger partial charge in [-0.1, -0.05) is 18.5 Å². The Balaban J connectivity index is 1.73. The molecule has 2 heterocycles. The minimum absolute atomic E-state index is 0.594. The molecule has 1 saturated heterocycles. The Morgan fingerprint density at radius 2 is 2.42 bits per heavy atom. The molecule has 0 aliphatic carbocycles. The van der Waals surface area contributed by atoms with Gasteiger partial charge in [0.1, 0.15) is 5.52 Å². The van der Waals surface area contributed by atoms with E-state index in [1.54, 1.807) is 0 Å². The molecular formula is C15H19ClN2O. The highest BCUT2D eigenvalue weighted by Gasteiger charge is 2.21.